The minimum Gasteiger partial charge on any atom is -0.309 e. The Morgan fingerprint density at radius 3 is 2.47 bits per heavy atom. The van der Waals surface area contributed by atoms with Crippen molar-refractivity contribution < 1.29 is 0 Å². The molecule has 15 heavy (non-hydrogen) atoms. The van der Waals surface area contributed by atoms with E-state index >= 15 is 0 Å². The maximum atomic E-state index is 2.23. The third-order valence-corrected chi connectivity index (χ3v) is 2.71. The quantitative estimate of drug-likeness (QED) is 0.734. The van der Waals surface area contributed by atoms with Crippen molar-refractivity contribution in [1.82, 2.24) is 4.90 Å². The van der Waals surface area contributed by atoms with Crippen LogP contribution in [0.3, 0.4) is 0 Å². The summed E-state index contributed by atoms with van der Waals surface area (Å²) in [5, 5.41) is 2.73. The van der Waals surface area contributed by atoms with Gasteiger partial charge in [-0.15, -0.1) is 0 Å². The molecule has 78 valence electrons. The van der Waals surface area contributed by atoms with Crippen molar-refractivity contribution in [2.75, 3.05) is 20.6 Å². The highest BCUT2D eigenvalue weighted by atomic mass is 15.0. The Morgan fingerprint density at radius 1 is 0.933 bits per heavy atom. The highest BCUT2D eigenvalue weighted by Gasteiger charge is 2.00. The maximum Gasteiger partial charge on any atom is 0.00159 e. The molecule has 0 radical (unpaired) electrons. The summed E-state index contributed by atoms with van der Waals surface area (Å²) < 4.78 is 0. The van der Waals surface area contributed by atoms with Gasteiger partial charge in [0.05, 0.1) is 0 Å². The normalized spacial score (nSPS) is 11.1. The van der Waals surface area contributed by atoms with Crippen LogP contribution in [0.2, 0.25) is 0 Å². The number of rotatable bonds is 3. The average Bonchev–Trinajstić information content (AvgIpc) is 2.26. The van der Waals surface area contributed by atoms with Crippen LogP contribution in [0.25, 0.3) is 10.8 Å². The van der Waals surface area contributed by atoms with Gasteiger partial charge in [0.1, 0.15) is 0 Å². The standard InChI is InChI=1S/C14H17N/c1-15(2)11-10-13-8-5-7-12-6-3-4-9-14(12)13/h3-9H,10-11H2,1-2H3. The van der Waals surface area contributed by atoms with Crippen LogP contribution in [0.15, 0.2) is 42.5 Å². The molecule has 0 aliphatic rings. The average molecular weight is 199 g/mol. The first-order valence-electron chi connectivity index (χ1n) is 5.39. The van der Waals surface area contributed by atoms with Gasteiger partial charge in [-0.05, 0) is 36.9 Å². The van der Waals surface area contributed by atoms with Gasteiger partial charge in [-0.25, -0.2) is 0 Å². The van der Waals surface area contributed by atoms with E-state index in [9.17, 15) is 0 Å². The van der Waals surface area contributed by atoms with Crippen molar-refractivity contribution in [1.29, 1.82) is 0 Å². The summed E-state index contributed by atoms with van der Waals surface area (Å²) in [7, 11) is 4.23. The van der Waals surface area contributed by atoms with E-state index in [1.807, 2.05) is 0 Å². The Labute approximate surface area is 91.3 Å². The van der Waals surface area contributed by atoms with Gasteiger partial charge in [-0.3, -0.25) is 0 Å². The molecular formula is C14H17N. The van der Waals surface area contributed by atoms with Gasteiger partial charge in [0.15, 0.2) is 0 Å². The second kappa shape index (κ2) is 4.45. The molecule has 0 aliphatic carbocycles. The van der Waals surface area contributed by atoms with Gasteiger partial charge in [0, 0.05) is 6.54 Å². The molecule has 0 fully saturated rings. The van der Waals surface area contributed by atoms with Crippen molar-refractivity contribution in [3.63, 3.8) is 0 Å². The maximum absolute atomic E-state index is 2.23. The summed E-state index contributed by atoms with van der Waals surface area (Å²) in [6, 6.07) is 15.1. The van der Waals surface area contributed by atoms with Crippen molar-refractivity contribution in [2.45, 2.75) is 6.42 Å². The molecule has 1 heteroatoms. The van der Waals surface area contributed by atoms with Gasteiger partial charge < -0.3 is 4.90 Å². The lowest BCUT2D eigenvalue weighted by molar-refractivity contribution is 0.414. The number of fused-ring (bicyclic) bond motifs is 1. The van der Waals surface area contributed by atoms with E-state index < -0.39 is 0 Å². The Hall–Kier alpha value is -1.34. The molecule has 0 unspecified atom stereocenters. The molecule has 2 rings (SSSR count). The lowest BCUT2D eigenvalue weighted by Gasteiger charge is -2.11. The highest BCUT2D eigenvalue weighted by Crippen LogP contribution is 2.18. The van der Waals surface area contributed by atoms with Crippen molar-refractivity contribution >= 4 is 10.8 Å². The molecule has 2 aromatic rings. The fourth-order valence-corrected chi connectivity index (χ4v) is 1.85. The number of likely N-dealkylation sites (N-methyl/N-ethyl adjacent to an activating group) is 1. The molecule has 0 saturated heterocycles. The van der Waals surface area contributed by atoms with Gasteiger partial charge in [-0.1, -0.05) is 42.5 Å². The first kappa shape index (κ1) is 10.2. The molecule has 0 bridgehead atoms. The molecule has 0 heterocycles. The lowest BCUT2D eigenvalue weighted by atomic mass is 10.0. The van der Waals surface area contributed by atoms with Crippen molar-refractivity contribution in [3.05, 3.63) is 48.0 Å². The van der Waals surface area contributed by atoms with Crippen LogP contribution in [0, 0.1) is 0 Å². The molecule has 0 saturated carbocycles. The summed E-state index contributed by atoms with van der Waals surface area (Å²) >= 11 is 0. The molecule has 0 aromatic heterocycles. The molecule has 0 amide bonds. The van der Waals surface area contributed by atoms with Crippen LogP contribution in [-0.2, 0) is 6.42 Å². The zero-order chi connectivity index (χ0) is 10.7. The summed E-state index contributed by atoms with van der Waals surface area (Å²) in [5.41, 5.74) is 1.45. The number of hydrogen-bond acceptors (Lipinski definition) is 1. The van der Waals surface area contributed by atoms with Crippen LogP contribution in [0.4, 0.5) is 0 Å². The summed E-state index contributed by atoms with van der Waals surface area (Å²) in [6.07, 6.45) is 1.12. The third kappa shape index (κ3) is 2.37. The lowest BCUT2D eigenvalue weighted by Crippen LogP contribution is -2.15. The van der Waals surface area contributed by atoms with Crippen molar-refractivity contribution in [2.24, 2.45) is 0 Å². The topological polar surface area (TPSA) is 3.24 Å². The van der Waals surface area contributed by atoms with Gasteiger partial charge in [0.25, 0.3) is 0 Å². The first-order chi connectivity index (χ1) is 7.27. The zero-order valence-corrected chi connectivity index (χ0v) is 9.40. The van der Waals surface area contributed by atoms with Gasteiger partial charge in [-0.2, -0.15) is 0 Å². The molecule has 0 spiro atoms. The minimum absolute atomic E-state index is 1.11. The summed E-state index contributed by atoms with van der Waals surface area (Å²) in [5.74, 6) is 0. The van der Waals surface area contributed by atoms with E-state index in [1.165, 1.54) is 16.3 Å². The Balaban J connectivity index is 2.34. The van der Waals surface area contributed by atoms with Gasteiger partial charge in [0.2, 0.25) is 0 Å². The molecule has 2 aromatic carbocycles. The van der Waals surface area contributed by atoms with E-state index in [1.54, 1.807) is 0 Å². The number of nitrogens with zero attached hydrogens (tertiary/aromatic N) is 1. The fraction of sp³-hybridized carbons (Fsp3) is 0.286. The van der Waals surface area contributed by atoms with E-state index in [0.29, 0.717) is 0 Å². The molecule has 1 nitrogen and oxygen atoms in total. The molecule has 0 N–H and O–H groups in total. The fourth-order valence-electron chi connectivity index (χ4n) is 1.85. The smallest absolute Gasteiger partial charge is 0.00159 e. The Kier molecular flexibility index (Phi) is 3.02. The predicted octanol–water partition coefficient (Wildman–Crippen LogP) is 2.94. The van der Waals surface area contributed by atoms with E-state index in [-0.39, 0.29) is 0 Å². The van der Waals surface area contributed by atoms with E-state index in [0.717, 1.165) is 13.0 Å². The van der Waals surface area contributed by atoms with Gasteiger partial charge >= 0.3 is 0 Å². The third-order valence-electron chi connectivity index (χ3n) is 2.71. The van der Waals surface area contributed by atoms with Crippen LogP contribution < -0.4 is 0 Å². The largest absolute Gasteiger partial charge is 0.309 e. The Morgan fingerprint density at radius 2 is 1.67 bits per heavy atom. The van der Waals surface area contributed by atoms with Crippen LogP contribution >= 0.6 is 0 Å². The second-order valence-electron chi connectivity index (χ2n) is 4.19. The zero-order valence-electron chi connectivity index (χ0n) is 9.40. The molecular weight excluding hydrogens is 182 g/mol. The SMILES string of the molecule is CN(C)CCc1cccc2ccccc12. The van der Waals surface area contributed by atoms with Crippen molar-refractivity contribution in [3.8, 4) is 0 Å². The molecule has 0 aliphatic heterocycles. The number of benzene rings is 2. The van der Waals surface area contributed by atoms with Crippen LogP contribution in [0.5, 0.6) is 0 Å². The van der Waals surface area contributed by atoms with Crippen LogP contribution in [-0.4, -0.2) is 25.5 Å². The molecule has 0 atom stereocenters. The highest BCUT2D eigenvalue weighted by molar-refractivity contribution is 5.85. The van der Waals surface area contributed by atoms with Crippen LogP contribution in [0.1, 0.15) is 5.56 Å². The van der Waals surface area contributed by atoms with E-state index in [4.69, 9.17) is 0 Å². The predicted molar refractivity (Wildman–Crippen MR) is 66.2 cm³/mol. The second-order valence-corrected chi connectivity index (χ2v) is 4.19. The number of hydrogen-bond donors (Lipinski definition) is 0. The summed E-state index contributed by atoms with van der Waals surface area (Å²) in [4.78, 5) is 2.22. The summed E-state index contributed by atoms with van der Waals surface area (Å²) in [6.45, 7) is 1.11. The first-order valence-corrected chi connectivity index (χ1v) is 5.39. The monoisotopic (exact) mass is 199 g/mol. The van der Waals surface area contributed by atoms with E-state index in [2.05, 4.69) is 61.5 Å². The Bertz CT molecular complexity index is 441. The minimum atomic E-state index is 1.11.